The van der Waals surface area contributed by atoms with Crippen LogP contribution >= 0.6 is 0 Å². The summed E-state index contributed by atoms with van der Waals surface area (Å²) in [5.74, 6) is -0.447. The lowest BCUT2D eigenvalue weighted by Gasteiger charge is -2.38. The summed E-state index contributed by atoms with van der Waals surface area (Å²) in [4.78, 5) is 11.7. The predicted octanol–water partition coefficient (Wildman–Crippen LogP) is 3.83. The normalized spacial score (nSPS) is 18.8. The second-order valence-electron chi connectivity index (χ2n) is 6.70. The van der Waals surface area contributed by atoms with Crippen molar-refractivity contribution in [1.82, 2.24) is 10.4 Å². The number of nitriles is 1. The lowest BCUT2D eigenvalue weighted by molar-refractivity contribution is -0.203. The Hall–Kier alpha value is -2.59. The average Bonchev–Trinajstić information content (AvgIpc) is 2.78. The Morgan fingerprint density at radius 2 is 1.84 bits per heavy atom. The maximum atomic E-state index is 14.0. The van der Waals surface area contributed by atoms with Crippen molar-refractivity contribution >= 4 is 16.7 Å². The van der Waals surface area contributed by atoms with Gasteiger partial charge in [-0.2, -0.15) is 23.4 Å². The van der Waals surface area contributed by atoms with Crippen LogP contribution in [-0.4, -0.2) is 22.6 Å². The summed E-state index contributed by atoms with van der Waals surface area (Å²) in [6, 6.07) is 9.20. The van der Waals surface area contributed by atoms with Crippen LogP contribution in [0.3, 0.4) is 0 Å². The molecule has 1 N–H and O–H groups in total. The number of fused-ring (bicyclic) bond motifs is 1. The van der Waals surface area contributed by atoms with E-state index in [2.05, 4.69) is 5.43 Å². The first-order chi connectivity index (χ1) is 11.6. The van der Waals surface area contributed by atoms with E-state index in [0.29, 0.717) is 16.3 Å². The molecule has 4 nitrogen and oxygen atoms in total. The number of carbonyl (C=O) groups excluding carboxylic acids is 1. The fourth-order valence-corrected chi connectivity index (χ4v) is 3.35. The van der Waals surface area contributed by atoms with Crippen LogP contribution in [-0.2, 0) is 4.79 Å². The van der Waals surface area contributed by atoms with E-state index in [1.807, 2.05) is 6.07 Å². The second kappa shape index (κ2) is 5.74. The summed E-state index contributed by atoms with van der Waals surface area (Å²) in [6.07, 6.45) is -4.63. The van der Waals surface area contributed by atoms with Gasteiger partial charge in [0.2, 0.25) is 5.91 Å². The number of hydrazine groups is 1. The van der Waals surface area contributed by atoms with Crippen LogP contribution in [0.2, 0.25) is 0 Å². The maximum Gasteiger partial charge on any atom is 0.409 e. The number of hydrogen-bond acceptors (Lipinski definition) is 3. The van der Waals surface area contributed by atoms with Gasteiger partial charge in [0.15, 0.2) is 6.04 Å². The Bertz CT molecular complexity index is 883. The van der Waals surface area contributed by atoms with Gasteiger partial charge in [-0.15, -0.1) is 0 Å². The molecule has 1 aliphatic heterocycles. The van der Waals surface area contributed by atoms with Gasteiger partial charge >= 0.3 is 6.18 Å². The zero-order valence-electron chi connectivity index (χ0n) is 13.7. The van der Waals surface area contributed by atoms with E-state index in [1.54, 1.807) is 38.1 Å². The molecule has 0 bridgehead atoms. The monoisotopic (exact) mass is 347 g/mol. The zero-order chi connectivity index (χ0) is 18.4. The van der Waals surface area contributed by atoms with Crippen molar-refractivity contribution < 1.29 is 18.0 Å². The number of carbonyl (C=O) groups is 1. The van der Waals surface area contributed by atoms with Crippen molar-refractivity contribution in [3.63, 3.8) is 0 Å². The highest BCUT2D eigenvalue weighted by Gasteiger charge is 2.53. The Balaban J connectivity index is 2.25. The molecule has 7 heteroatoms. The van der Waals surface area contributed by atoms with Crippen molar-refractivity contribution in [2.75, 3.05) is 0 Å². The van der Waals surface area contributed by atoms with Crippen LogP contribution in [0.25, 0.3) is 10.8 Å². The fraction of sp³-hybridized carbons (Fsp3) is 0.333. The van der Waals surface area contributed by atoms with Crippen LogP contribution in [0.5, 0.6) is 0 Å². The molecule has 3 rings (SSSR count). The molecule has 2 aromatic rings. The van der Waals surface area contributed by atoms with E-state index < -0.39 is 23.7 Å². The fourth-order valence-electron chi connectivity index (χ4n) is 3.35. The van der Waals surface area contributed by atoms with Gasteiger partial charge in [-0.1, -0.05) is 30.3 Å². The summed E-state index contributed by atoms with van der Waals surface area (Å²) in [5, 5.41) is 11.0. The Kier molecular flexibility index (Phi) is 3.96. The molecule has 1 unspecified atom stereocenters. The molecule has 2 aromatic carbocycles. The number of benzene rings is 2. The number of nitrogens with zero attached hydrogens (tertiary/aromatic N) is 2. The molecule has 1 fully saturated rings. The van der Waals surface area contributed by atoms with Gasteiger partial charge in [0.1, 0.15) is 0 Å². The van der Waals surface area contributed by atoms with E-state index in [4.69, 9.17) is 0 Å². The SMILES string of the molecule is CC1(C)CC(=O)NN1C(c1cccc2c(C#N)cccc12)C(F)(F)F. The number of hydrogen-bond donors (Lipinski definition) is 1. The summed E-state index contributed by atoms with van der Waals surface area (Å²) in [7, 11) is 0. The standard InChI is InChI=1S/C18H16F3N3O/c1-17(2)9-15(25)23-24(17)16(18(19,20)21)14-8-4-6-12-11(10-22)5-3-7-13(12)14/h3-8,16H,9H2,1-2H3,(H,23,25). The minimum absolute atomic E-state index is 0.0115. The average molecular weight is 347 g/mol. The molecule has 1 heterocycles. The summed E-state index contributed by atoms with van der Waals surface area (Å²) < 4.78 is 41.9. The smallest absolute Gasteiger partial charge is 0.287 e. The molecule has 25 heavy (non-hydrogen) atoms. The van der Waals surface area contributed by atoms with Gasteiger partial charge in [-0.05, 0) is 36.2 Å². The highest BCUT2D eigenvalue weighted by atomic mass is 19.4. The summed E-state index contributed by atoms with van der Waals surface area (Å²) in [6.45, 7) is 3.19. The largest absolute Gasteiger partial charge is 0.409 e. The zero-order valence-corrected chi connectivity index (χ0v) is 13.7. The molecule has 1 atom stereocenters. The Morgan fingerprint density at radius 1 is 1.20 bits per heavy atom. The first-order valence-corrected chi connectivity index (χ1v) is 7.72. The topological polar surface area (TPSA) is 56.1 Å². The second-order valence-corrected chi connectivity index (χ2v) is 6.70. The van der Waals surface area contributed by atoms with E-state index in [1.165, 1.54) is 12.1 Å². The molecule has 1 amide bonds. The van der Waals surface area contributed by atoms with Crippen LogP contribution in [0.4, 0.5) is 13.2 Å². The highest BCUT2D eigenvalue weighted by Crippen LogP contribution is 2.44. The lowest BCUT2D eigenvalue weighted by Crippen LogP contribution is -2.51. The van der Waals surface area contributed by atoms with Crippen LogP contribution in [0, 0.1) is 11.3 Å². The number of rotatable bonds is 2. The molecule has 0 saturated carbocycles. The first-order valence-electron chi connectivity index (χ1n) is 7.72. The van der Waals surface area contributed by atoms with E-state index >= 15 is 0 Å². The van der Waals surface area contributed by atoms with E-state index in [9.17, 15) is 23.2 Å². The van der Waals surface area contributed by atoms with Gasteiger partial charge < -0.3 is 0 Å². The molecule has 0 spiro atoms. The van der Waals surface area contributed by atoms with Gasteiger partial charge in [-0.3, -0.25) is 10.2 Å². The summed E-state index contributed by atoms with van der Waals surface area (Å²) >= 11 is 0. The lowest BCUT2D eigenvalue weighted by atomic mass is 9.92. The van der Waals surface area contributed by atoms with Gasteiger partial charge in [0, 0.05) is 12.0 Å². The molecule has 1 aliphatic rings. The Morgan fingerprint density at radius 3 is 2.40 bits per heavy atom. The third-order valence-corrected chi connectivity index (χ3v) is 4.43. The highest BCUT2D eigenvalue weighted by molar-refractivity contribution is 5.91. The van der Waals surface area contributed by atoms with Crippen molar-refractivity contribution in [3.05, 3.63) is 47.5 Å². The van der Waals surface area contributed by atoms with Crippen molar-refractivity contribution in [3.8, 4) is 6.07 Å². The van der Waals surface area contributed by atoms with Crippen molar-refractivity contribution in [2.24, 2.45) is 0 Å². The van der Waals surface area contributed by atoms with Gasteiger partial charge in [0.05, 0.1) is 11.6 Å². The Labute approximate surface area is 142 Å². The number of alkyl halides is 3. The number of halogens is 3. The molecular weight excluding hydrogens is 331 g/mol. The minimum Gasteiger partial charge on any atom is -0.287 e. The molecule has 0 aromatic heterocycles. The van der Waals surface area contributed by atoms with E-state index in [-0.39, 0.29) is 12.0 Å². The van der Waals surface area contributed by atoms with E-state index in [0.717, 1.165) is 5.01 Å². The van der Waals surface area contributed by atoms with Crippen LogP contribution in [0.15, 0.2) is 36.4 Å². The molecule has 1 saturated heterocycles. The molecule has 0 radical (unpaired) electrons. The number of amides is 1. The summed E-state index contributed by atoms with van der Waals surface area (Å²) in [5.41, 5.74) is 1.68. The predicted molar refractivity (Wildman–Crippen MR) is 86.1 cm³/mol. The van der Waals surface area contributed by atoms with Crippen molar-refractivity contribution in [1.29, 1.82) is 5.26 Å². The number of nitrogens with one attached hydrogen (secondary N) is 1. The minimum atomic E-state index is -4.61. The van der Waals surface area contributed by atoms with Crippen molar-refractivity contribution in [2.45, 2.75) is 38.0 Å². The molecular formula is C18H16F3N3O. The third-order valence-electron chi connectivity index (χ3n) is 4.43. The van der Waals surface area contributed by atoms with Crippen LogP contribution < -0.4 is 5.43 Å². The molecule has 0 aliphatic carbocycles. The van der Waals surface area contributed by atoms with Crippen LogP contribution in [0.1, 0.15) is 37.4 Å². The third kappa shape index (κ3) is 2.94. The maximum absolute atomic E-state index is 14.0. The molecule has 130 valence electrons. The quantitative estimate of drug-likeness (QED) is 0.898. The first kappa shape index (κ1) is 17.2. The van der Waals surface area contributed by atoms with Gasteiger partial charge in [-0.25, -0.2) is 0 Å². The van der Waals surface area contributed by atoms with Gasteiger partial charge in [0.25, 0.3) is 0 Å².